The fraction of sp³-hybridized carbons (Fsp3) is 0.304. The minimum Gasteiger partial charge on any atom is -0.492 e. The third-order valence-corrected chi connectivity index (χ3v) is 5.66. The highest BCUT2D eigenvalue weighted by Gasteiger charge is 2.34. The van der Waals surface area contributed by atoms with Crippen molar-refractivity contribution in [1.82, 2.24) is 15.3 Å². The molecule has 3 heterocycles. The molecule has 0 fully saturated rings. The molecule has 1 aliphatic heterocycles. The van der Waals surface area contributed by atoms with Crippen LogP contribution in [0.25, 0.3) is 11.3 Å². The zero-order valence-electron chi connectivity index (χ0n) is 18.0. The fourth-order valence-electron chi connectivity index (χ4n) is 4.02. The summed E-state index contributed by atoms with van der Waals surface area (Å²) in [7, 11) is 2.98. The van der Waals surface area contributed by atoms with E-state index in [0.29, 0.717) is 41.3 Å². The average Bonchev–Trinajstić information content (AvgIpc) is 3.16. The zero-order chi connectivity index (χ0) is 22.8. The van der Waals surface area contributed by atoms with Crippen molar-refractivity contribution in [3.05, 3.63) is 59.6 Å². The molecule has 0 radical (unpaired) electrons. The molecule has 7 nitrogen and oxygen atoms in total. The molecule has 3 aromatic rings. The van der Waals surface area contributed by atoms with E-state index in [4.69, 9.17) is 9.47 Å². The molecule has 1 aromatic carbocycles. The molecule has 2 atom stereocenters. The van der Waals surface area contributed by atoms with Gasteiger partial charge in [0.15, 0.2) is 17.4 Å². The second-order valence-corrected chi connectivity index (χ2v) is 7.65. The number of amides is 1. The predicted octanol–water partition coefficient (Wildman–Crippen LogP) is 4.36. The Morgan fingerprint density at radius 1 is 1.25 bits per heavy atom. The van der Waals surface area contributed by atoms with Crippen molar-refractivity contribution in [2.24, 2.45) is 0 Å². The Bertz CT molecular complexity index is 1150. The van der Waals surface area contributed by atoms with Crippen LogP contribution in [0.4, 0.5) is 20.2 Å². The number of methoxy groups -OCH3 is 2. The van der Waals surface area contributed by atoms with Crippen LogP contribution in [0.2, 0.25) is 0 Å². The number of carbonyl (C=O) groups is 1. The highest BCUT2D eigenvalue weighted by molar-refractivity contribution is 6.06. The number of nitrogens with zero attached hydrogens (tertiary/aromatic N) is 1. The van der Waals surface area contributed by atoms with Crippen molar-refractivity contribution in [3.63, 3.8) is 0 Å². The van der Waals surface area contributed by atoms with Gasteiger partial charge in [-0.15, -0.1) is 0 Å². The lowest BCUT2D eigenvalue weighted by atomic mass is 9.91. The van der Waals surface area contributed by atoms with E-state index in [0.717, 1.165) is 6.20 Å². The van der Waals surface area contributed by atoms with Crippen molar-refractivity contribution >= 4 is 17.3 Å². The first-order chi connectivity index (χ1) is 15.4. The first-order valence-corrected chi connectivity index (χ1v) is 10.2. The number of anilines is 2. The smallest absolute Gasteiger partial charge is 0.255 e. The van der Waals surface area contributed by atoms with Gasteiger partial charge in [-0.3, -0.25) is 9.78 Å². The molecule has 3 N–H and O–H groups in total. The Morgan fingerprint density at radius 2 is 2.06 bits per heavy atom. The predicted molar refractivity (Wildman–Crippen MR) is 116 cm³/mol. The Balaban J connectivity index is 1.91. The standard InChI is InChI=1S/C23H24F2N4O3/c1-12(31-2)9-13-10-27-23(30)18-19(13)29-20(14-7-8-26-11-16(14)25)21(18)28-17-6-4-5-15(24)22(17)32-3/h4-8,11-13,28-29H,9-10H2,1-3H3,(H,27,30). The van der Waals surface area contributed by atoms with Gasteiger partial charge in [0, 0.05) is 37.0 Å². The monoisotopic (exact) mass is 442 g/mol. The highest BCUT2D eigenvalue weighted by atomic mass is 19.1. The molecule has 1 aliphatic rings. The maximum atomic E-state index is 14.7. The first-order valence-electron chi connectivity index (χ1n) is 10.2. The van der Waals surface area contributed by atoms with Gasteiger partial charge in [0.25, 0.3) is 5.91 Å². The molecule has 2 aromatic heterocycles. The Labute approximate surface area is 184 Å². The summed E-state index contributed by atoms with van der Waals surface area (Å²) >= 11 is 0. The third kappa shape index (κ3) is 3.91. The Kier molecular flexibility index (Phi) is 6.09. The number of rotatable bonds is 7. The van der Waals surface area contributed by atoms with Crippen LogP contribution in [0.1, 0.15) is 35.3 Å². The number of carbonyl (C=O) groups excluding carboxylic acids is 1. The Morgan fingerprint density at radius 3 is 2.78 bits per heavy atom. The summed E-state index contributed by atoms with van der Waals surface area (Å²) in [5.74, 6) is -1.51. The van der Waals surface area contributed by atoms with E-state index in [1.807, 2.05) is 6.92 Å². The number of H-pyrrole nitrogens is 1. The summed E-state index contributed by atoms with van der Waals surface area (Å²) in [6, 6.07) is 5.94. The molecule has 9 heteroatoms. The summed E-state index contributed by atoms with van der Waals surface area (Å²) in [5.41, 5.74) is 2.27. The number of hydrogen-bond donors (Lipinski definition) is 3. The second kappa shape index (κ2) is 8.96. The van der Waals surface area contributed by atoms with E-state index in [2.05, 4.69) is 20.6 Å². The van der Waals surface area contributed by atoms with Crippen LogP contribution < -0.4 is 15.4 Å². The van der Waals surface area contributed by atoms with Crippen LogP contribution in [0.5, 0.6) is 5.75 Å². The molecule has 168 valence electrons. The van der Waals surface area contributed by atoms with Crippen molar-refractivity contribution in [3.8, 4) is 17.0 Å². The number of aromatic nitrogens is 2. The summed E-state index contributed by atoms with van der Waals surface area (Å²) in [4.78, 5) is 20.0. The SMILES string of the molecule is COc1c(F)cccc1Nc1c(-c2ccncc2F)[nH]c2c1C(=O)NCC2CC(C)OC. The van der Waals surface area contributed by atoms with E-state index in [9.17, 15) is 13.6 Å². The minimum absolute atomic E-state index is 0.00984. The number of aromatic amines is 1. The fourth-order valence-corrected chi connectivity index (χ4v) is 4.02. The van der Waals surface area contributed by atoms with Crippen LogP contribution in [0.3, 0.4) is 0 Å². The average molecular weight is 442 g/mol. The molecule has 0 saturated carbocycles. The summed E-state index contributed by atoms with van der Waals surface area (Å²) < 4.78 is 39.6. The number of benzene rings is 1. The normalized spacial score (nSPS) is 16.3. The molecule has 1 amide bonds. The number of para-hydroxylation sites is 1. The van der Waals surface area contributed by atoms with Gasteiger partial charge in [-0.2, -0.15) is 0 Å². The number of fused-ring (bicyclic) bond motifs is 1. The van der Waals surface area contributed by atoms with Crippen molar-refractivity contribution in [2.45, 2.75) is 25.4 Å². The van der Waals surface area contributed by atoms with E-state index >= 15 is 0 Å². The van der Waals surface area contributed by atoms with Gasteiger partial charge < -0.3 is 25.1 Å². The molecule has 0 aliphatic carbocycles. The number of halogens is 2. The van der Waals surface area contributed by atoms with E-state index in [1.54, 1.807) is 13.2 Å². The molecule has 0 spiro atoms. The topological polar surface area (TPSA) is 88.3 Å². The number of hydrogen-bond acceptors (Lipinski definition) is 5. The third-order valence-electron chi connectivity index (χ3n) is 5.66. The van der Waals surface area contributed by atoms with Crippen LogP contribution in [0, 0.1) is 11.6 Å². The minimum atomic E-state index is -0.560. The number of pyridine rings is 1. The molecular weight excluding hydrogens is 418 g/mol. The molecule has 0 saturated heterocycles. The summed E-state index contributed by atoms with van der Waals surface area (Å²) in [6.45, 7) is 2.36. The number of ether oxygens (including phenoxy) is 2. The second-order valence-electron chi connectivity index (χ2n) is 7.65. The van der Waals surface area contributed by atoms with E-state index in [-0.39, 0.29) is 29.2 Å². The first kappa shape index (κ1) is 21.8. The van der Waals surface area contributed by atoms with Crippen molar-refractivity contribution in [2.75, 3.05) is 26.1 Å². The van der Waals surface area contributed by atoms with Crippen molar-refractivity contribution < 1.29 is 23.0 Å². The summed E-state index contributed by atoms with van der Waals surface area (Å²) in [6.07, 6.45) is 3.17. The quantitative estimate of drug-likeness (QED) is 0.506. The molecule has 0 bridgehead atoms. The van der Waals surface area contributed by atoms with Gasteiger partial charge in [-0.1, -0.05) is 6.07 Å². The maximum Gasteiger partial charge on any atom is 0.255 e. The van der Waals surface area contributed by atoms with Crippen LogP contribution in [-0.2, 0) is 4.74 Å². The zero-order valence-corrected chi connectivity index (χ0v) is 18.0. The van der Waals surface area contributed by atoms with Gasteiger partial charge >= 0.3 is 0 Å². The van der Waals surface area contributed by atoms with Gasteiger partial charge in [0.05, 0.1) is 42.0 Å². The highest BCUT2D eigenvalue weighted by Crippen LogP contribution is 2.42. The van der Waals surface area contributed by atoms with Gasteiger partial charge in [-0.05, 0) is 31.5 Å². The number of nitrogens with one attached hydrogen (secondary N) is 3. The van der Waals surface area contributed by atoms with Gasteiger partial charge in [0.2, 0.25) is 0 Å². The van der Waals surface area contributed by atoms with Crippen LogP contribution >= 0.6 is 0 Å². The molecular formula is C23H24F2N4O3. The van der Waals surface area contributed by atoms with Crippen LogP contribution in [0.15, 0.2) is 36.7 Å². The largest absolute Gasteiger partial charge is 0.492 e. The lowest BCUT2D eigenvalue weighted by Gasteiger charge is -2.25. The van der Waals surface area contributed by atoms with Crippen molar-refractivity contribution in [1.29, 1.82) is 0 Å². The van der Waals surface area contributed by atoms with E-state index < -0.39 is 11.6 Å². The molecule has 2 unspecified atom stereocenters. The molecule has 32 heavy (non-hydrogen) atoms. The lowest BCUT2D eigenvalue weighted by Crippen LogP contribution is -2.36. The maximum absolute atomic E-state index is 14.7. The molecule has 4 rings (SSSR count). The van der Waals surface area contributed by atoms with Gasteiger partial charge in [0.1, 0.15) is 0 Å². The Hall–Kier alpha value is -3.46. The van der Waals surface area contributed by atoms with E-state index in [1.165, 1.54) is 31.5 Å². The summed E-state index contributed by atoms with van der Waals surface area (Å²) in [5, 5.41) is 6.01. The van der Waals surface area contributed by atoms with Gasteiger partial charge in [-0.25, -0.2) is 8.78 Å². The lowest BCUT2D eigenvalue weighted by molar-refractivity contribution is 0.0893. The van der Waals surface area contributed by atoms with Crippen LogP contribution in [-0.4, -0.2) is 42.7 Å².